The number of anilines is 6. The minimum Gasteiger partial charge on any atom is -0.383 e. The fourth-order valence-corrected chi connectivity index (χ4v) is 22.3. The number of rotatable bonds is 33. The number of H-pyrrole nitrogens is 3. The highest BCUT2D eigenvalue weighted by atomic mass is 32.7. The van der Waals surface area contributed by atoms with Crippen molar-refractivity contribution >= 4 is 214 Å². The molecule has 0 amide bonds. The second-order valence-corrected chi connectivity index (χ2v) is 48.2. The van der Waals surface area contributed by atoms with Crippen LogP contribution in [0.25, 0.3) is 66.7 Å². The molecule has 0 aromatic carbocycles. The van der Waals surface area contributed by atoms with Gasteiger partial charge >= 0.3 is 40.4 Å². The minimum atomic E-state index is -4.25. The summed E-state index contributed by atoms with van der Waals surface area (Å²) in [5.74, 6) is 0.454. The molecule has 7 aliphatic heterocycles. The van der Waals surface area contributed by atoms with Gasteiger partial charge in [-0.15, -0.1) is 0 Å². The maximum absolute atomic E-state index is 16.0. The van der Waals surface area contributed by atoms with Gasteiger partial charge in [-0.25, -0.2) is 58.8 Å². The van der Waals surface area contributed by atoms with Gasteiger partial charge in [0.05, 0.1) is 107 Å². The molecule has 7 aliphatic rings. The van der Waals surface area contributed by atoms with Gasteiger partial charge in [0.2, 0.25) is 17.8 Å². The Morgan fingerprint density at radius 3 is 1.38 bits per heavy atom. The maximum atomic E-state index is 16.0. The van der Waals surface area contributed by atoms with Gasteiger partial charge in [-0.3, -0.25) is 61.2 Å². The average Bonchev–Trinajstić information content (AvgIpc) is 1.59. The van der Waals surface area contributed by atoms with Crippen LogP contribution in [-0.4, -0.2) is 266 Å². The molecule has 7 fully saturated rings. The van der Waals surface area contributed by atoms with E-state index in [4.69, 9.17) is 181 Å². The molecule has 0 aliphatic carbocycles. The van der Waals surface area contributed by atoms with Crippen LogP contribution in [0.5, 0.6) is 0 Å². The highest BCUT2D eigenvalue weighted by Crippen LogP contribution is 2.59. The molecule has 0 radical (unpaired) electrons. The number of nitrogens with zero attached hydrogens (tertiary/aromatic N) is 19. The van der Waals surface area contributed by atoms with Crippen molar-refractivity contribution in [3.05, 3.63) is 99.9 Å². The van der Waals surface area contributed by atoms with Crippen LogP contribution in [0.2, 0.25) is 0 Å². The SMILES string of the molecule is COP(O)(=S)OC[C@@H]1C[C@@H](OP(=O)(S)OCC2CC[C@H](n3ccc4c(N)ncnc43)O2)[C@H](n2cnc3c(=O)[nH]c(N)nc32)O1.COP(O)(=S)OC[C@@H]1C[C@@H](OP(O)(=S)OCC2CC[C@H](n3ccc4c(N)ncnc43)O2)[C@H](n2cnc3c(=O)[nH]c(N)nc32)O1.COP(O)(=S)OC[C@H]1O[C@@H](n2cnc3c(=O)[nH]c(N)nc32)[C@H](OP(O)(=S)OC[C@]23CO[C@H](C2)[C@H](n2cnc4c(N)ncnc42)O3)[C@H]1F. The molecule has 23 atom stereocenters. The number of nitrogen functional groups attached to an aromatic ring is 6. The number of aromatic nitrogens is 22. The number of thiol groups is 1. The number of nitrogens with two attached hydrogens (primary N) is 6. The van der Waals surface area contributed by atoms with Crippen LogP contribution >= 0.6 is 52.6 Å². The zero-order chi connectivity index (χ0) is 95.8. The van der Waals surface area contributed by atoms with Crippen LogP contribution in [0.4, 0.5) is 39.7 Å². The molecule has 20 N–H and O–H groups in total. The Morgan fingerprint density at radius 1 is 0.474 bits per heavy atom. The summed E-state index contributed by atoms with van der Waals surface area (Å²) >= 11 is 29.5. The van der Waals surface area contributed by atoms with Gasteiger partial charge in [-0.05, 0) is 96.9 Å². The molecule has 56 nitrogen and oxygen atoms in total. The van der Waals surface area contributed by atoms with E-state index in [9.17, 15) is 43.4 Å². The van der Waals surface area contributed by atoms with E-state index in [0.29, 0.717) is 66.2 Å². The van der Waals surface area contributed by atoms with E-state index in [1.54, 1.807) is 4.57 Å². The van der Waals surface area contributed by atoms with Crippen LogP contribution in [0.15, 0.2) is 83.2 Å². The van der Waals surface area contributed by atoms with Crippen molar-refractivity contribution < 1.29 is 121 Å². The predicted octanol–water partition coefficient (Wildman–Crippen LogP) is 3.12. The number of aromatic amines is 3. The molecule has 12 aromatic heterocycles. The third-order valence-corrected chi connectivity index (χ3v) is 32.0. The van der Waals surface area contributed by atoms with Gasteiger partial charge in [0, 0.05) is 53.0 Å². The zero-order valence-corrected chi connectivity index (χ0v) is 80.5. The summed E-state index contributed by atoms with van der Waals surface area (Å²) < 4.78 is 146. The van der Waals surface area contributed by atoms with E-state index in [2.05, 4.69) is 92.0 Å². The maximum Gasteiger partial charge on any atom is 0.386 e. The van der Waals surface area contributed by atoms with E-state index < -0.39 is 149 Å². The van der Waals surface area contributed by atoms with Crippen LogP contribution in [-0.2, 0) is 151 Å². The molecule has 7 saturated heterocycles. The number of imidazole rings is 4. The Balaban J connectivity index is 0.000000141. The van der Waals surface area contributed by atoms with E-state index in [-0.39, 0.29) is 128 Å². The van der Waals surface area contributed by atoms with Crippen molar-refractivity contribution in [2.75, 3.05) is 102 Å². The number of hydrogen-bond donors (Lipinski definition) is 15. The summed E-state index contributed by atoms with van der Waals surface area (Å²) in [6.07, 6.45) is 2.02. The third-order valence-electron chi connectivity index (χ3n) is 22.2. The molecular weight excluding hydrogens is 2030 g/mol. The Hall–Kier alpha value is -7.56. The fourth-order valence-electron chi connectivity index (χ4n) is 15.9. The first-order valence-electron chi connectivity index (χ1n) is 40.2. The molecule has 2 bridgehead atoms. The number of nitrogens with one attached hydrogen (secondary N) is 3. The second-order valence-electron chi connectivity index (χ2n) is 30.9. The largest absolute Gasteiger partial charge is 0.386 e. The molecule has 69 heteroatoms. The van der Waals surface area contributed by atoms with Crippen molar-refractivity contribution in [1.82, 2.24) is 107 Å². The quantitative estimate of drug-likeness (QED) is 0.0207. The normalized spacial score (nSPS) is 28.4. The third kappa shape index (κ3) is 21.8. The Kier molecular flexibility index (Phi) is 29.2. The van der Waals surface area contributed by atoms with E-state index >= 15 is 4.39 Å². The smallest absolute Gasteiger partial charge is 0.383 e. The van der Waals surface area contributed by atoms with Crippen molar-refractivity contribution in [3.8, 4) is 0 Å². The monoisotopic (exact) mass is 2110 g/mol. The molecule has 19 rings (SSSR count). The molecule has 0 spiro atoms. The first-order valence-corrected chi connectivity index (χ1v) is 55.8. The van der Waals surface area contributed by atoms with Gasteiger partial charge in [0.1, 0.15) is 96.0 Å². The van der Waals surface area contributed by atoms with Crippen LogP contribution < -0.4 is 51.1 Å². The number of hydrogen-bond acceptors (Lipinski definition) is 47. The summed E-state index contributed by atoms with van der Waals surface area (Å²) in [7, 11) is 3.60. The topological polar surface area (TPSA) is 745 Å². The standard InChI is InChI=1S/C22H27FN10O10P2S2.2C22H29N9O9P2S2/c1-37-44(35,46)39-3-10-11(23)14(20(41-10)33-8-29-13-17(33)30-21(25)31-18(13)34)43-45(36,47)40-5-22-2-9(38-4-22)19(42-22)32-7-28-12-15(24)26-6-27-16(12)32;2*1-35-41(33,43)36-8-12-6-14(21(39-12)31-10-27-16-19(31)28-22(24)29-20(16)32)40-42(34,44)37-7-11-2-3-15(38-11)30-5-4-13-17(23)25-9-26-18(13)30/h6-11,14,19-20H,2-5H2,1H3,(H,35,46)(H,36,47)(H2,24,26,27)(H3,25,30,31,34);2*4-5,9-12,14-15,21H,2-3,6-8H2,1H3,(H,33,43)(H,34,44)(H2,23,25,26)(H3,24,28,29,32)/t9-,10-,11+,14-,19-,20-,22-,44?,45?;2*11?,12-,14+,15+,21+,41?,42?/m100/s1. The van der Waals surface area contributed by atoms with E-state index in [1.165, 1.54) is 65.9 Å². The summed E-state index contributed by atoms with van der Waals surface area (Å²) in [5, 5.41) is 1.44. The Morgan fingerprint density at radius 2 is 0.889 bits per heavy atom. The predicted molar refractivity (Wildman–Crippen MR) is 491 cm³/mol. The molecular formula is C66H85FN28O28P6S6. The average molecular weight is 2120 g/mol. The lowest BCUT2D eigenvalue weighted by molar-refractivity contribution is -0.180. The Bertz CT molecular complexity index is 6690. The summed E-state index contributed by atoms with van der Waals surface area (Å²) in [5.41, 5.74) is 34.5. The van der Waals surface area contributed by atoms with Crippen LogP contribution in [0.3, 0.4) is 0 Å². The lowest BCUT2D eigenvalue weighted by Crippen LogP contribution is -2.39. The van der Waals surface area contributed by atoms with E-state index in [1.807, 2.05) is 33.7 Å². The highest BCUT2D eigenvalue weighted by molar-refractivity contribution is 8.44. The second kappa shape index (κ2) is 39.9. The number of fused-ring (bicyclic) bond motifs is 8. The molecule has 730 valence electrons. The zero-order valence-electron chi connectivity index (χ0n) is 70.1. The number of alkyl halides is 1. The minimum absolute atomic E-state index is 0.00866. The molecule has 19 heterocycles. The van der Waals surface area contributed by atoms with Gasteiger partial charge in [0.25, 0.3) is 16.7 Å². The fraction of sp³-hybridized carbons (Fsp3) is 0.515. The van der Waals surface area contributed by atoms with Gasteiger partial charge < -0.3 is 142 Å². The lowest BCUT2D eigenvalue weighted by Gasteiger charge is -2.32. The summed E-state index contributed by atoms with van der Waals surface area (Å²) in [4.78, 5) is 150. The molecule has 0 saturated carbocycles. The van der Waals surface area contributed by atoms with Gasteiger partial charge in [-0.2, -0.15) is 15.0 Å². The molecule has 12 aromatic rings. The lowest BCUT2D eigenvalue weighted by atomic mass is 10.0. The van der Waals surface area contributed by atoms with Gasteiger partial charge in [0.15, 0.2) is 76.0 Å². The summed E-state index contributed by atoms with van der Waals surface area (Å²) in [6, 6.07) is 3.65. The van der Waals surface area contributed by atoms with Crippen LogP contribution in [0, 0.1) is 0 Å². The first-order chi connectivity index (χ1) is 64.1. The van der Waals surface area contributed by atoms with Gasteiger partial charge in [-0.1, -0.05) is 12.2 Å². The molecule has 135 heavy (non-hydrogen) atoms. The first kappa shape index (κ1) is 99.0. The van der Waals surface area contributed by atoms with Crippen molar-refractivity contribution in [2.24, 2.45) is 0 Å². The summed E-state index contributed by atoms with van der Waals surface area (Å²) in [6.45, 7) is -23.9. The highest BCUT2D eigenvalue weighted by Gasteiger charge is 2.57. The number of ether oxygens (including phenoxy) is 7. The van der Waals surface area contributed by atoms with Crippen molar-refractivity contribution in [2.45, 2.75) is 149 Å². The van der Waals surface area contributed by atoms with Crippen LogP contribution in [0.1, 0.15) is 82.3 Å². The van der Waals surface area contributed by atoms with E-state index in [0.717, 1.165) is 24.2 Å². The molecule has 8 unspecified atom stereocenters. The van der Waals surface area contributed by atoms with Crippen molar-refractivity contribution in [3.63, 3.8) is 0 Å². The van der Waals surface area contributed by atoms with Crippen molar-refractivity contribution in [1.29, 1.82) is 0 Å². The Labute approximate surface area is 787 Å². The number of halogens is 1.